The number of aliphatic hydroxyl groups is 1. The van der Waals surface area contributed by atoms with Crippen molar-refractivity contribution in [3.63, 3.8) is 0 Å². The molecule has 2 aliphatic heterocycles. The standard InChI is InChI=1S/C27H43N3O3/c1-21(2)13-17-28-14-7-5-4-6-8-16-30(22(3)31)26-12-11-23(18-24(26)19-28)27(33)29-15-9-10-25(32)20-29/h11-12,18,21,25,32H,4-10,13-17,19-20H2,1-3H3. The van der Waals surface area contributed by atoms with Crippen LogP contribution in [0.3, 0.4) is 0 Å². The van der Waals surface area contributed by atoms with Gasteiger partial charge in [0.1, 0.15) is 0 Å². The van der Waals surface area contributed by atoms with Crippen molar-refractivity contribution in [2.45, 2.75) is 84.8 Å². The predicted octanol–water partition coefficient (Wildman–Crippen LogP) is 4.45. The van der Waals surface area contributed by atoms with Crippen LogP contribution in [-0.2, 0) is 11.3 Å². The number of nitrogens with zero attached hydrogens (tertiary/aromatic N) is 3. The van der Waals surface area contributed by atoms with Gasteiger partial charge in [0.25, 0.3) is 5.91 Å². The molecular weight excluding hydrogens is 414 g/mol. The smallest absolute Gasteiger partial charge is 0.253 e. The second kappa shape index (κ2) is 12.5. The topological polar surface area (TPSA) is 64.1 Å². The van der Waals surface area contributed by atoms with Crippen molar-refractivity contribution >= 4 is 17.5 Å². The molecule has 0 spiro atoms. The number of rotatable bonds is 4. The number of carbonyl (C=O) groups excluding carboxylic acids is 2. The summed E-state index contributed by atoms with van der Waals surface area (Å²) in [5, 5.41) is 10.0. The molecule has 1 atom stereocenters. The van der Waals surface area contributed by atoms with Gasteiger partial charge in [-0.15, -0.1) is 0 Å². The molecule has 1 fully saturated rings. The lowest BCUT2D eigenvalue weighted by molar-refractivity contribution is -0.116. The van der Waals surface area contributed by atoms with Gasteiger partial charge in [-0.3, -0.25) is 14.5 Å². The Balaban J connectivity index is 1.93. The van der Waals surface area contributed by atoms with Crippen molar-refractivity contribution in [3.05, 3.63) is 29.3 Å². The molecule has 184 valence electrons. The fourth-order valence-electron chi connectivity index (χ4n) is 4.97. The van der Waals surface area contributed by atoms with Gasteiger partial charge in [0, 0.05) is 44.4 Å². The van der Waals surface area contributed by atoms with E-state index in [1.54, 1.807) is 11.8 Å². The Kier molecular flexibility index (Phi) is 9.75. The maximum Gasteiger partial charge on any atom is 0.253 e. The zero-order chi connectivity index (χ0) is 23.8. The van der Waals surface area contributed by atoms with Crippen LogP contribution in [0, 0.1) is 5.92 Å². The fourth-order valence-corrected chi connectivity index (χ4v) is 4.97. The number of hydrogen-bond donors (Lipinski definition) is 1. The Morgan fingerprint density at radius 1 is 1.03 bits per heavy atom. The van der Waals surface area contributed by atoms with E-state index in [9.17, 15) is 14.7 Å². The molecule has 2 heterocycles. The van der Waals surface area contributed by atoms with Crippen LogP contribution in [0.25, 0.3) is 0 Å². The summed E-state index contributed by atoms with van der Waals surface area (Å²) in [6.07, 6.45) is 8.05. The molecular formula is C27H43N3O3. The number of carbonyl (C=O) groups is 2. The molecule has 33 heavy (non-hydrogen) atoms. The average Bonchev–Trinajstić information content (AvgIpc) is 2.77. The van der Waals surface area contributed by atoms with Crippen LogP contribution in [0.1, 0.15) is 88.1 Å². The first kappa shape index (κ1) is 25.7. The Morgan fingerprint density at radius 3 is 2.45 bits per heavy atom. The zero-order valence-corrected chi connectivity index (χ0v) is 20.9. The Morgan fingerprint density at radius 2 is 1.76 bits per heavy atom. The van der Waals surface area contributed by atoms with Crippen LogP contribution in [-0.4, -0.2) is 65.5 Å². The molecule has 6 heteroatoms. The van der Waals surface area contributed by atoms with Gasteiger partial charge in [-0.05, 0) is 74.9 Å². The van der Waals surface area contributed by atoms with Gasteiger partial charge in [0.05, 0.1) is 6.10 Å². The van der Waals surface area contributed by atoms with Crippen molar-refractivity contribution in [2.75, 3.05) is 37.6 Å². The highest BCUT2D eigenvalue weighted by Crippen LogP contribution is 2.27. The van der Waals surface area contributed by atoms with Crippen LogP contribution in [0.5, 0.6) is 0 Å². The number of benzene rings is 1. The molecule has 1 saturated heterocycles. The lowest BCUT2D eigenvalue weighted by Crippen LogP contribution is -2.42. The number of anilines is 1. The second-order valence-electron chi connectivity index (χ2n) is 10.3. The number of aliphatic hydroxyl groups excluding tert-OH is 1. The van der Waals surface area contributed by atoms with E-state index in [-0.39, 0.29) is 11.8 Å². The summed E-state index contributed by atoms with van der Waals surface area (Å²) in [6.45, 7) is 10.8. The highest BCUT2D eigenvalue weighted by atomic mass is 16.3. The van der Waals surface area contributed by atoms with Gasteiger partial charge in [-0.2, -0.15) is 0 Å². The van der Waals surface area contributed by atoms with Crippen molar-refractivity contribution in [2.24, 2.45) is 5.92 Å². The summed E-state index contributed by atoms with van der Waals surface area (Å²) in [7, 11) is 0. The van der Waals surface area contributed by atoms with Crippen LogP contribution < -0.4 is 4.90 Å². The molecule has 2 aliphatic rings. The maximum atomic E-state index is 13.2. The minimum absolute atomic E-state index is 0.0224. The molecule has 1 unspecified atom stereocenters. The second-order valence-corrected chi connectivity index (χ2v) is 10.3. The predicted molar refractivity (Wildman–Crippen MR) is 133 cm³/mol. The van der Waals surface area contributed by atoms with Crippen LogP contribution in [0.2, 0.25) is 0 Å². The Hall–Kier alpha value is -1.92. The first-order chi connectivity index (χ1) is 15.8. The van der Waals surface area contributed by atoms with E-state index in [1.165, 1.54) is 19.3 Å². The SMILES string of the molecule is CC(=O)N1CCCCCCCN(CCC(C)C)Cc2cc(C(=O)N3CCCC(O)C3)ccc21. The van der Waals surface area contributed by atoms with Crippen molar-refractivity contribution in [3.8, 4) is 0 Å². The zero-order valence-electron chi connectivity index (χ0n) is 20.9. The highest BCUT2D eigenvalue weighted by molar-refractivity contribution is 5.97. The lowest BCUT2D eigenvalue weighted by Gasteiger charge is -2.31. The van der Waals surface area contributed by atoms with Crippen LogP contribution >= 0.6 is 0 Å². The Bertz CT molecular complexity index is 795. The lowest BCUT2D eigenvalue weighted by atomic mass is 10.0. The molecule has 0 bridgehead atoms. The fraction of sp³-hybridized carbons (Fsp3) is 0.704. The van der Waals surface area contributed by atoms with Crippen LogP contribution in [0.4, 0.5) is 5.69 Å². The molecule has 1 aromatic carbocycles. The molecule has 6 nitrogen and oxygen atoms in total. The van der Waals surface area contributed by atoms with E-state index in [1.807, 2.05) is 23.1 Å². The number of likely N-dealkylation sites (tertiary alicyclic amines) is 1. The number of amides is 2. The van der Waals surface area contributed by atoms with Crippen molar-refractivity contribution in [1.29, 1.82) is 0 Å². The van der Waals surface area contributed by atoms with E-state index < -0.39 is 6.10 Å². The molecule has 1 aromatic rings. The molecule has 0 radical (unpaired) electrons. The van der Waals surface area contributed by atoms with Gasteiger partial charge in [0.15, 0.2) is 0 Å². The molecule has 2 amide bonds. The molecule has 1 N–H and O–H groups in total. The first-order valence-electron chi connectivity index (χ1n) is 13.0. The third-order valence-electron chi connectivity index (χ3n) is 6.95. The monoisotopic (exact) mass is 457 g/mol. The Labute approximate surface area is 199 Å². The number of β-amino-alcohol motifs (C(OH)–C–C–N with tert-alkyl or cyclic N) is 1. The number of piperidine rings is 1. The molecule has 0 saturated carbocycles. The third kappa shape index (κ3) is 7.54. The molecule has 0 aliphatic carbocycles. The summed E-state index contributed by atoms with van der Waals surface area (Å²) in [4.78, 5) is 32.0. The number of hydrogen-bond acceptors (Lipinski definition) is 4. The van der Waals surface area contributed by atoms with Gasteiger partial charge in [0.2, 0.25) is 5.91 Å². The van der Waals surface area contributed by atoms with E-state index in [0.29, 0.717) is 24.6 Å². The van der Waals surface area contributed by atoms with Crippen LogP contribution in [0.15, 0.2) is 18.2 Å². The van der Waals surface area contributed by atoms with Gasteiger partial charge < -0.3 is 14.9 Å². The van der Waals surface area contributed by atoms with E-state index in [2.05, 4.69) is 18.7 Å². The molecule has 3 rings (SSSR count). The average molecular weight is 458 g/mol. The number of fused-ring (bicyclic) bond motifs is 1. The minimum atomic E-state index is -0.438. The summed E-state index contributed by atoms with van der Waals surface area (Å²) < 4.78 is 0. The minimum Gasteiger partial charge on any atom is -0.391 e. The normalized spacial score (nSPS) is 21.3. The van der Waals surface area contributed by atoms with Gasteiger partial charge in [-0.25, -0.2) is 0 Å². The molecule has 0 aromatic heterocycles. The summed E-state index contributed by atoms with van der Waals surface area (Å²) in [5.74, 6) is 0.670. The third-order valence-corrected chi connectivity index (χ3v) is 6.95. The van der Waals surface area contributed by atoms with Gasteiger partial charge >= 0.3 is 0 Å². The highest BCUT2D eigenvalue weighted by Gasteiger charge is 2.25. The van der Waals surface area contributed by atoms with E-state index in [4.69, 9.17) is 0 Å². The maximum absolute atomic E-state index is 13.2. The van der Waals surface area contributed by atoms with E-state index >= 15 is 0 Å². The largest absolute Gasteiger partial charge is 0.391 e. The summed E-state index contributed by atoms with van der Waals surface area (Å²) >= 11 is 0. The first-order valence-corrected chi connectivity index (χ1v) is 13.0. The van der Waals surface area contributed by atoms with Crippen molar-refractivity contribution in [1.82, 2.24) is 9.80 Å². The summed E-state index contributed by atoms with van der Waals surface area (Å²) in [6, 6.07) is 5.84. The van der Waals surface area contributed by atoms with Crippen molar-refractivity contribution < 1.29 is 14.7 Å². The quantitative estimate of drug-likeness (QED) is 0.726. The van der Waals surface area contributed by atoms with E-state index in [0.717, 1.165) is 69.5 Å². The van der Waals surface area contributed by atoms with Gasteiger partial charge in [-0.1, -0.05) is 33.1 Å². The summed E-state index contributed by atoms with van der Waals surface area (Å²) in [5.41, 5.74) is 2.65.